The van der Waals surface area contributed by atoms with E-state index in [1.165, 1.54) is 43.8 Å². The Hall–Kier alpha value is -7.80. The van der Waals surface area contributed by atoms with Gasteiger partial charge in [-0.25, -0.2) is 0 Å². The van der Waals surface area contributed by atoms with Crippen molar-refractivity contribution in [2.45, 2.75) is 0 Å². The Balaban J connectivity index is 1.29. The average molecular weight is 724 g/mol. The molecule has 0 N–H and O–H groups in total. The van der Waals surface area contributed by atoms with Crippen LogP contribution in [0.1, 0.15) is 5.56 Å². The zero-order chi connectivity index (χ0) is 37.9. The summed E-state index contributed by atoms with van der Waals surface area (Å²) in [5.41, 5.74) is 14.1. The van der Waals surface area contributed by atoms with E-state index in [1.54, 1.807) is 0 Å². The minimum absolute atomic E-state index is 0.643. The van der Waals surface area contributed by atoms with Crippen LogP contribution in [0.25, 0.3) is 104 Å². The maximum Gasteiger partial charge on any atom is 0.0991 e. The van der Waals surface area contributed by atoms with E-state index in [-0.39, 0.29) is 0 Å². The van der Waals surface area contributed by atoms with Crippen molar-refractivity contribution in [2.75, 3.05) is 0 Å². The summed E-state index contributed by atoms with van der Waals surface area (Å²) in [5, 5.41) is 17.9. The molecule has 0 bridgehead atoms. The molecule has 0 saturated heterocycles. The van der Waals surface area contributed by atoms with Crippen molar-refractivity contribution in [3.63, 3.8) is 0 Å². The van der Waals surface area contributed by atoms with Crippen LogP contribution >= 0.6 is 0 Å². The molecule has 0 aliphatic rings. The second-order valence-electron chi connectivity index (χ2n) is 14.6. The van der Waals surface area contributed by atoms with Crippen molar-refractivity contribution in [2.24, 2.45) is 0 Å². The molecule has 0 saturated carbocycles. The van der Waals surface area contributed by atoms with Gasteiger partial charge in [0.2, 0.25) is 0 Å². The van der Waals surface area contributed by atoms with Crippen LogP contribution in [-0.4, -0.2) is 9.55 Å². The first-order valence-electron chi connectivity index (χ1n) is 19.3. The third kappa shape index (κ3) is 5.31. The number of benzene rings is 9. The molecule has 0 aliphatic carbocycles. The molecule has 0 unspecified atom stereocenters. The van der Waals surface area contributed by atoms with Gasteiger partial charge in [-0.1, -0.05) is 133 Å². The summed E-state index contributed by atoms with van der Waals surface area (Å²) >= 11 is 0. The third-order valence-corrected chi connectivity index (χ3v) is 11.4. The Morgan fingerprint density at radius 2 is 0.965 bits per heavy atom. The van der Waals surface area contributed by atoms with E-state index in [4.69, 9.17) is 4.98 Å². The van der Waals surface area contributed by atoms with Crippen LogP contribution in [-0.2, 0) is 0 Å². The smallest absolute Gasteiger partial charge is 0.0991 e. The monoisotopic (exact) mass is 723 g/mol. The van der Waals surface area contributed by atoms with Gasteiger partial charge in [-0.15, -0.1) is 0 Å². The molecule has 0 fully saturated rings. The van der Waals surface area contributed by atoms with Crippen LogP contribution < -0.4 is 0 Å². The highest BCUT2D eigenvalue weighted by Gasteiger charge is 2.22. The van der Waals surface area contributed by atoms with E-state index >= 15 is 0 Å². The quantitative estimate of drug-likeness (QED) is 0.166. The van der Waals surface area contributed by atoms with E-state index < -0.39 is 0 Å². The fourth-order valence-corrected chi connectivity index (χ4v) is 8.86. The SMILES string of the molecule is N#Cc1ccc2c(c1)c1cc(-c3c4cc(-c5ccccc5)ccc4c(-c4cccc5cccnc45)c4cc(-c5ccccc5)ccc34)ccc1n2-c1ccccc1. The summed E-state index contributed by atoms with van der Waals surface area (Å²) in [6.45, 7) is 0. The van der Waals surface area contributed by atoms with Crippen molar-refractivity contribution in [1.29, 1.82) is 5.26 Å². The molecule has 264 valence electrons. The lowest BCUT2D eigenvalue weighted by atomic mass is 9.83. The third-order valence-electron chi connectivity index (χ3n) is 11.4. The molecule has 0 radical (unpaired) electrons. The fourth-order valence-electron chi connectivity index (χ4n) is 8.86. The second-order valence-corrected chi connectivity index (χ2v) is 14.6. The fraction of sp³-hybridized carbons (Fsp3) is 0. The zero-order valence-corrected chi connectivity index (χ0v) is 30.9. The summed E-state index contributed by atoms with van der Waals surface area (Å²) in [6, 6.07) is 71.6. The Morgan fingerprint density at radius 3 is 1.65 bits per heavy atom. The van der Waals surface area contributed by atoms with E-state index in [9.17, 15) is 5.26 Å². The average Bonchev–Trinajstić information content (AvgIpc) is 3.61. The molecule has 0 amide bonds. The topological polar surface area (TPSA) is 41.6 Å². The van der Waals surface area contributed by atoms with Gasteiger partial charge in [0.25, 0.3) is 0 Å². The summed E-state index contributed by atoms with van der Waals surface area (Å²) < 4.78 is 2.31. The second kappa shape index (κ2) is 13.2. The summed E-state index contributed by atoms with van der Waals surface area (Å²) in [7, 11) is 0. The maximum atomic E-state index is 10.0. The van der Waals surface area contributed by atoms with Crippen molar-refractivity contribution in [3.8, 4) is 56.3 Å². The van der Waals surface area contributed by atoms with Gasteiger partial charge in [0, 0.05) is 33.6 Å². The van der Waals surface area contributed by atoms with Crippen LogP contribution in [0.2, 0.25) is 0 Å². The van der Waals surface area contributed by atoms with Gasteiger partial charge in [-0.2, -0.15) is 5.26 Å². The van der Waals surface area contributed by atoms with Crippen LogP contribution in [0, 0.1) is 11.3 Å². The number of nitriles is 1. The predicted molar refractivity (Wildman–Crippen MR) is 238 cm³/mol. The number of nitrogens with zero attached hydrogens (tertiary/aromatic N) is 3. The molecule has 2 heterocycles. The Kier molecular flexibility index (Phi) is 7.55. The van der Waals surface area contributed by atoms with E-state index in [0.29, 0.717) is 5.56 Å². The number of aromatic nitrogens is 2. The minimum atomic E-state index is 0.643. The molecule has 11 aromatic rings. The normalized spacial score (nSPS) is 11.5. The van der Waals surface area contributed by atoms with E-state index in [2.05, 4.69) is 180 Å². The maximum absolute atomic E-state index is 10.0. The first-order chi connectivity index (χ1) is 28.2. The van der Waals surface area contributed by atoms with Crippen molar-refractivity contribution >= 4 is 54.3 Å². The highest BCUT2D eigenvalue weighted by Crippen LogP contribution is 2.48. The summed E-state index contributed by atoms with van der Waals surface area (Å²) in [6.07, 6.45) is 1.90. The Morgan fingerprint density at radius 1 is 0.404 bits per heavy atom. The van der Waals surface area contributed by atoms with E-state index in [0.717, 1.165) is 60.6 Å². The van der Waals surface area contributed by atoms with Crippen molar-refractivity contribution < 1.29 is 0 Å². The molecule has 0 spiro atoms. The van der Waals surface area contributed by atoms with Crippen LogP contribution in [0.3, 0.4) is 0 Å². The van der Waals surface area contributed by atoms with Crippen molar-refractivity contribution in [1.82, 2.24) is 9.55 Å². The van der Waals surface area contributed by atoms with Gasteiger partial charge in [0.15, 0.2) is 0 Å². The first kappa shape index (κ1) is 32.6. The number of rotatable bonds is 5. The summed E-state index contributed by atoms with van der Waals surface area (Å²) in [5.74, 6) is 0. The molecular weight excluding hydrogens is 691 g/mol. The van der Waals surface area contributed by atoms with Gasteiger partial charge in [-0.3, -0.25) is 4.98 Å². The van der Waals surface area contributed by atoms with Gasteiger partial charge < -0.3 is 4.57 Å². The molecular formula is C54H33N3. The number of hydrogen-bond donors (Lipinski definition) is 0. The number of pyridine rings is 1. The molecule has 9 aromatic carbocycles. The van der Waals surface area contributed by atoms with Crippen molar-refractivity contribution in [3.05, 3.63) is 206 Å². The van der Waals surface area contributed by atoms with E-state index in [1.807, 2.05) is 30.5 Å². The van der Waals surface area contributed by atoms with Crippen LogP contribution in [0.5, 0.6) is 0 Å². The Bertz CT molecular complexity index is 3390. The number of para-hydroxylation sites is 2. The zero-order valence-electron chi connectivity index (χ0n) is 30.9. The predicted octanol–water partition coefficient (Wildman–Crippen LogP) is 14.2. The van der Waals surface area contributed by atoms with Gasteiger partial charge >= 0.3 is 0 Å². The highest BCUT2D eigenvalue weighted by atomic mass is 15.0. The minimum Gasteiger partial charge on any atom is -0.309 e. The molecule has 3 nitrogen and oxygen atoms in total. The largest absolute Gasteiger partial charge is 0.309 e. The standard InChI is InChI=1S/C54H33N3/c55-34-35-21-27-50-46(30-35)47-33-41(24-28-51(47)57(50)42-18-8-3-9-19-42)52-43-25-22-40(37-14-6-2-7-15-37)32-49(43)53(45-20-10-16-38-17-11-29-56-54(38)45)44-26-23-39(31-48(44)52)36-12-4-1-5-13-36/h1-33H. The molecule has 3 heteroatoms. The van der Waals surface area contributed by atoms with Crippen LogP contribution in [0.15, 0.2) is 200 Å². The first-order valence-corrected chi connectivity index (χ1v) is 19.3. The highest BCUT2D eigenvalue weighted by molar-refractivity contribution is 6.25. The molecule has 2 aromatic heterocycles. The molecule has 0 aliphatic heterocycles. The van der Waals surface area contributed by atoms with Gasteiger partial charge in [0.05, 0.1) is 28.2 Å². The molecule has 11 rings (SSSR count). The molecule has 57 heavy (non-hydrogen) atoms. The Labute approximate surface area is 330 Å². The molecule has 0 atom stereocenters. The number of hydrogen-bond acceptors (Lipinski definition) is 2. The van der Waals surface area contributed by atoms with Gasteiger partial charge in [-0.05, 0) is 121 Å². The van der Waals surface area contributed by atoms with Crippen LogP contribution in [0.4, 0.5) is 0 Å². The lowest BCUT2D eigenvalue weighted by molar-refractivity contribution is 1.18. The van der Waals surface area contributed by atoms with Gasteiger partial charge in [0.1, 0.15) is 0 Å². The summed E-state index contributed by atoms with van der Waals surface area (Å²) in [4.78, 5) is 4.98. The number of fused-ring (bicyclic) bond motifs is 6. The lowest BCUT2D eigenvalue weighted by Crippen LogP contribution is -1.95. The lowest BCUT2D eigenvalue weighted by Gasteiger charge is -2.20.